The zero-order valence-corrected chi connectivity index (χ0v) is 12.1. The molecule has 0 saturated carbocycles. The molecular weight excluding hydrogens is 362 g/mol. The van der Waals surface area contributed by atoms with Gasteiger partial charge < -0.3 is 16.9 Å². The van der Waals surface area contributed by atoms with Gasteiger partial charge >= 0.3 is 19.5 Å². The van der Waals surface area contributed by atoms with Gasteiger partial charge in [0.15, 0.2) is 0 Å². The summed E-state index contributed by atoms with van der Waals surface area (Å²) >= 11 is 0. The van der Waals surface area contributed by atoms with E-state index in [0.29, 0.717) is 0 Å². The Hall–Kier alpha value is -0.193. The second-order valence-electron chi connectivity index (χ2n) is 2.13. The van der Waals surface area contributed by atoms with Crippen LogP contribution in [0.15, 0.2) is 36.7 Å². The normalized spacial score (nSPS) is 6.53. The SMILES string of the molecule is [CH2-]CC.[Ru+3].[Ru].[c-]1ccc[nH]1.[c-]1ccc[nH]1. The van der Waals surface area contributed by atoms with Crippen LogP contribution in [0, 0.1) is 19.3 Å². The van der Waals surface area contributed by atoms with Crippen molar-refractivity contribution in [3.63, 3.8) is 0 Å². The summed E-state index contributed by atoms with van der Waals surface area (Å²) < 4.78 is 0. The van der Waals surface area contributed by atoms with E-state index in [9.17, 15) is 0 Å². The number of H-pyrrole nitrogens is 2. The fourth-order valence-corrected chi connectivity index (χ4v) is 0.481. The molecule has 15 heavy (non-hydrogen) atoms. The summed E-state index contributed by atoms with van der Waals surface area (Å²) in [5, 5.41) is 0. The van der Waals surface area contributed by atoms with Gasteiger partial charge in [-0.3, -0.25) is 0 Å². The smallest absolute Gasteiger partial charge is 0.484 e. The zero-order chi connectivity index (χ0) is 9.78. The van der Waals surface area contributed by atoms with E-state index < -0.39 is 0 Å². The van der Waals surface area contributed by atoms with Gasteiger partial charge in [0.2, 0.25) is 0 Å². The van der Waals surface area contributed by atoms with Crippen molar-refractivity contribution in [1.29, 1.82) is 0 Å². The van der Waals surface area contributed by atoms with Crippen LogP contribution in [0.25, 0.3) is 0 Å². The summed E-state index contributed by atoms with van der Waals surface area (Å²) in [6, 6.07) is 7.42. The topological polar surface area (TPSA) is 31.6 Å². The van der Waals surface area contributed by atoms with E-state index >= 15 is 0 Å². The van der Waals surface area contributed by atoms with Crippen LogP contribution in [-0.2, 0) is 39.0 Å². The molecule has 0 unspecified atom stereocenters. The molecule has 0 aromatic carbocycles. The van der Waals surface area contributed by atoms with E-state index in [1.165, 1.54) is 0 Å². The second kappa shape index (κ2) is 19.4. The number of hydrogen-bond acceptors (Lipinski definition) is 0. The van der Waals surface area contributed by atoms with Gasteiger partial charge in [-0.15, -0.1) is 12.4 Å². The Labute approximate surface area is 118 Å². The van der Waals surface area contributed by atoms with Gasteiger partial charge in [0.25, 0.3) is 0 Å². The fourth-order valence-electron chi connectivity index (χ4n) is 0.481. The molecule has 0 saturated heterocycles. The van der Waals surface area contributed by atoms with Crippen LogP contribution in [0.4, 0.5) is 0 Å². The summed E-state index contributed by atoms with van der Waals surface area (Å²) in [4.78, 5) is 5.47. The first kappa shape index (κ1) is 20.2. The van der Waals surface area contributed by atoms with Crippen LogP contribution in [0.5, 0.6) is 0 Å². The molecular formula is C11H15N2Ru2. The summed E-state index contributed by atoms with van der Waals surface area (Å²) in [7, 11) is 0. The fraction of sp³-hybridized carbons (Fsp3) is 0.182. The van der Waals surface area contributed by atoms with E-state index in [0.717, 1.165) is 6.42 Å². The Morgan fingerprint density at radius 1 is 1.07 bits per heavy atom. The zero-order valence-electron chi connectivity index (χ0n) is 8.59. The molecule has 4 heteroatoms. The van der Waals surface area contributed by atoms with Crippen molar-refractivity contribution in [2.75, 3.05) is 0 Å². The van der Waals surface area contributed by atoms with E-state index in [1.807, 2.05) is 43.6 Å². The summed E-state index contributed by atoms with van der Waals surface area (Å²) in [6.07, 6.45) is 10.1. The minimum Gasteiger partial charge on any atom is -0.484 e. The Bertz CT molecular complexity index is 168. The minimum absolute atomic E-state index is 0. The maximum Gasteiger partial charge on any atom is 3.00 e. The molecule has 0 atom stereocenters. The maximum atomic E-state index is 3.49. The van der Waals surface area contributed by atoms with Gasteiger partial charge in [-0.25, -0.2) is 0 Å². The molecule has 0 aliphatic rings. The third kappa shape index (κ3) is 20.0. The van der Waals surface area contributed by atoms with Crippen molar-refractivity contribution in [3.05, 3.63) is 56.0 Å². The number of hydrogen-bond donors (Lipinski definition) is 2. The molecule has 2 rings (SSSR count). The predicted molar refractivity (Wildman–Crippen MR) is 54.9 cm³/mol. The van der Waals surface area contributed by atoms with Crippen molar-refractivity contribution in [2.24, 2.45) is 0 Å². The first-order chi connectivity index (χ1) is 6.41. The van der Waals surface area contributed by atoms with Crippen molar-refractivity contribution >= 4 is 0 Å². The minimum atomic E-state index is 0. The molecule has 0 bridgehead atoms. The molecule has 0 fully saturated rings. The monoisotopic (exact) mass is 379 g/mol. The summed E-state index contributed by atoms with van der Waals surface area (Å²) in [5.41, 5.74) is 0. The molecule has 0 aliphatic carbocycles. The van der Waals surface area contributed by atoms with Gasteiger partial charge in [0.1, 0.15) is 0 Å². The first-order valence-corrected chi connectivity index (χ1v) is 4.20. The van der Waals surface area contributed by atoms with Gasteiger partial charge in [-0.2, -0.15) is 43.1 Å². The number of aromatic nitrogens is 2. The predicted octanol–water partition coefficient (Wildman–Crippen LogP) is 2.86. The Morgan fingerprint density at radius 2 is 1.40 bits per heavy atom. The van der Waals surface area contributed by atoms with Crippen molar-refractivity contribution < 1.29 is 39.0 Å². The molecule has 85 valence electrons. The molecule has 2 aromatic rings. The third-order valence-corrected chi connectivity index (χ3v) is 0.885. The van der Waals surface area contributed by atoms with Crippen LogP contribution in [0.3, 0.4) is 0 Å². The molecule has 2 aromatic heterocycles. The van der Waals surface area contributed by atoms with Crippen molar-refractivity contribution in [1.82, 2.24) is 9.97 Å². The average Bonchev–Trinajstić information content (AvgIpc) is 2.85. The number of rotatable bonds is 0. The van der Waals surface area contributed by atoms with Gasteiger partial charge in [-0.1, -0.05) is 6.92 Å². The molecule has 2 heterocycles. The standard InChI is InChI=1S/2C4H4N.C3H7.2Ru/c2*1-2-4-5-3-1;1-3-2;;/h2*1-3,5H;1,3H2,2H3;;/q3*-1;;+3. The Balaban J connectivity index is -0.000000140. The molecule has 2 nitrogen and oxygen atoms in total. The van der Waals surface area contributed by atoms with E-state index in [4.69, 9.17) is 0 Å². The van der Waals surface area contributed by atoms with Crippen LogP contribution >= 0.6 is 0 Å². The molecule has 0 amide bonds. The summed E-state index contributed by atoms with van der Waals surface area (Å²) in [5.74, 6) is 0. The number of nitrogens with one attached hydrogen (secondary N) is 2. The van der Waals surface area contributed by atoms with E-state index in [1.54, 1.807) is 0 Å². The van der Waals surface area contributed by atoms with Gasteiger partial charge in [0.05, 0.1) is 0 Å². The maximum absolute atomic E-state index is 3.49. The average molecular weight is 377 g/mol. The largest absolute Gasteiger partial charge is 3.00 e. The Morgan fingerprint density at radius 3 is 1.47 bits per heavy atom. The quantitative estimate of drug-likeness (QED) is 0.523. The molecule has 0 spiro atoms. The Kier molecular flexibility index (Phi) is 26.2. The van der Waals surface area contributed by atoms with Crippen LogP contribution in [0.2, 0.25) is 0 Å². The second-order valence-corrected chi connectivity index (χ2v) is 2.13. The van der Waals surface area contributed by atoms with Crippen molar-refractivity contribution in [2.45, 2.75) is 13.3 Å². The van der Waals surface area contributed by atoms with Crippen LogP contribution in [-0.4, -0.2) is 9.97 Å². The first-order valence-electron chi connectivity index (χ1n) is 4.20. The van der Waals surface area contributed by atoms with Crippen molar-refractivity contribution in [3.8, 4) is 0 Å². The van der Waals surface area contributed by atoms with Gasteiger partial charge in [-0.05, 0) is 0 Å². The summed E-state index contributed by atoms with van der Waals surface area (Å²) in [6.45, 7) is 5.50. The van der Waals surface area contributed by atoms with E-state index in [2.05, 4.69) is 29.3 Å². The molecule has 1 radical (unpaired) electrons. The van der Waals surface area contributed by atoms with Crippen LogP contribution < -0.4 is 0 Å². The molecule has 0 aliphatic heterocycles. The molecule has 2 N–H and O–H groups in total. The number of aromatic amines is 2. The third-order valence-electron chi connectivity index (χ3n) is 0.885. The van der Waals surface area contributed by atoms with E-state index in [-0.39, 0.29) is 39.0 Å². The van der Waals surface area contributed by atoms with Crippen LogP contribution in [0.1, 0.15) is 13.3 Å². The van der Waals surface area contributed by atoms with Gasteiger partial charge in [0, 0.05) is 19.5 Å².